The van der Waals surface area contributed by atoms with Crippen LogP contribution in [0.15, 0.2) is 27.1 Å². The Labute approximate surface area is 119 Å². The number of nitrogens with two attached hydrogens (primary N) is 1. The van der Waals surface area contributed by atoms with Crippen molar-refractivity contribution in [2.24, 2.45) is 11.1 Å². The zero-order valence-corrected chi connectivity index (χ0v) is 13.2. The molecule has 0 aliphatic heterocycles. The van der Waals surface area contributed by atoms with Crippen molar-refractivity contribution in [3.63, 3.8) is 0 Å². The van der Waals surface area contributed by atoms with Gasteiger partial charge in [0.05, 0.1) is 0 Å². The summed E-state index contributed by atoms with van der Waals surface area (Å²) >= 11 is 6.85. The zero-order valence-electron chi connectivity index (χ0n) is 9.21. The molecule has 0 spiro atoms. The number of rotatable bonds is 3. The highest BCUT2D eigenvalue weighted by Crippen LogP contribution is 2.33. The molecule has 92 valence electrons. The molecule has 0 aliphatic carbocycles. The number of benzene rings is 1. The Morgan fingerprint density at radius 1 is 1.31 bits per heavy atom. The molecule has 1 rings (SSSR count). The summed E-state index contributed by atoms with van der Waals surface area (Å²) in [4.78, 5) is 0. The average Bonchev–Trinajstić information content (AvgIpc) is 2.21. The van der Waals surface area contributed by atoms with Crippen molar-refractivity contribution in [3.8, 4) is 0 Å². The molecular weight excluding hydrogens is 357 g/mol. The molecule has 16 heavy (non-hydrogen) atoms. The van der Waals surface area contributed by atoms with Crippen molar-refractivity contribution in [1.82, 2.24) is 0 Å². The van der Waals surface area contributed by atoms with Gasteiger partial charge in [0, 0.05) is 27.0 Å². The standard InChI is InChI=1S/C11H15Br2NO.ClH/c1-11(2,6-15)10(14)7-3-4-8(12)9(13)5-7;/h3-5,10,15H,6,14H2,1-2H3;1H/t10-;/m1./s1. The Hall–Kier alpha value is 0.390. The molecule has 0 heterocycles. The third-order valence-electron chi connectivity index (χ3n) is 2.55. The summed E-state index contributed by atoms with van der Waals surface area (Å²) in [5, 5.41) is 9.25. The summed E-state index contributed by atoms with van der Waals surface area (Å²) < 4.78 is 1.98. The maximum atomic E-state index is 9.25. The summed E-state index contributed by atoms with van der Waals surface area (Å²) in [6.07, 6.45) is 0. The predicted octanol–water partition coefficient (Wildman–Crippen LogP) is 3.65. The molecule has 2 nitrogen and oxygen atoms in total. The first-order chi connectivity index (χ1) is 6.88. The van der Waals surface area contributed by atoms with E-state index in [4.69, 9.17) is 5.73 Å². The maximum Gasteiger partial charge on any atom is 0.0500 e. The van der Waals surface area contributed by atoms with E-state index in [1.165, 1.54) is 0 Å². The smallest absolute Gasteiger partial charge is 0.0500 e. The van der Waals surface area contributed by atoms with E-state index in [0.29, 0.717) is 0 Å². The van der Waals surface area contributed by atoms with Gasteiger partial charge < -0.3 is 10.8 Å². The van der Waals surface area contributed by atoms with Crippen LogP contribution in [0.25, 0.3) is 0 Å². The van der Waals surface area contributed by atoms with Crippen molar-refractivity contribution in [3.05, 3.63) is 32.7 Å². The fourth-order valence-electron chi connectivity index (χ4n) is 1.26. The normalized spacial score (nSPS) is 13.1. The molecule has 1 aromatic carbocycles. The second kappa shape index (κ2) is 6.36. The Bertz CT molecular complexity index is 358. The van der Waals surface area contributed by atoms with E-state index in [1.807, 2.05) is 32.0 Å². The van der Waals surface area contributed by atoms with Crippen molar-refractivity contribution < 1.29 is 5.11 Å². The summed E-state index contributed by atoms with van der Waals surface area (Å²) in [5.74, 6) is 0. The van der Waals surface area contributed by atoms with Crippen molar-refractivity contribution >= 4 is 44.3 Å². The monoisotopic (exact) mass is 371 g/mol. The number of aliphatic hydroxyl groups is 1. The van der Waals surface area contributed by atoms with Crippen LogP contribution in [0.1, 0.15) is 25.5 Å². The summed E-state index contributed by atoms with van der Waals surface area (Å²) in [6.45, 7) is 3.98. The summed E-state index contributed by atoms with van der Waals surface area (Å²) in [6, 6.07) is 5.72. The van der Waals surface area contributed by atoms with Gasteiger partial charge in [-0.25, -0.2) is 0 Å². The van der Waals surface area contributed by atoms with E-state index in [-0.39, 0.29) is 30.5 Å². The van der Waals surface area contributed by atoms with Crippen LogP contribution in [0.2, 0.25) is 0 Å². The number of hydrogen-bond donors (Lipinski definition) is 2. The van der Waals surface area contributed by atoms with Crippen molar-refractivity contribution in [1.29, 1.82) is 0 Å². The van der Waals surface area contributed by atoms with Crippen LogP contribution in [-0.4, -0.2) is 11.7 Å². The first-order valence-electron chi connectivity index (χ1n) is 4.70. The second-order valence-corrected chi connectivity index (χ2v) is 6.01. The van der Waals surface area contributed by atoms with Crippen LogP contribution in [0.3, 0.4) is 0 Å². The van der Waals surface area contributed by atoms with Gasteiger partial charge in [0.25, 0.3) is 0 Å². The minimum Gasteiger partial charge on any atom is -0.396 e. The highest BCUT2D eigenvalue weighted by molar-refractivity contribution is 9.13. The quantitative estimate of drug-likeness (QED) is 0.850. The Balaban J connectivity index is 0.00000225. The number of halogens is 3. The lowest BCUT2D eigenvalue weighted by Crippen LogP contribution is -2.32. The molecular formula is C11H16Br2ClNO. The molecule has 3 N–H and O–H groups in total. The van der Waals surface area contributed by atoms with Crippen molar-refractivity contribution in [2.75, 3.05) is 6.61 Å². The molecule has 1 aromatic rings. The van der Waals surface area contributed by atoms with Crippen LogP contribution >= 0.6 is 44.3 Å². The van der Waals surface area contributed by atoms with Gasteiger partial charge in [-0.15, -0.1) is 12.4 Å². The zero-order chi connectivity index (χ0) is 11.6. The fraction of sp³-hybridized carbons (Fsp3) is 0.455. The van der Waals surface area contributed by atoms with Gasteiger partial charge in [0.2, 0.25) is 0 Å². The molecule has 0 fully saturated rings. The van der Waals surface area contributed by atoms with E-state index in [0.717, 1.165) is 14.5 Å². The molecule has 0 aromatic heterocycles. The first kappa shape index (κ1) is 16.4. The lowest BCUT2D eigenvalue weighted by atomic mass is 9.82. The summed E-state index contributed by atoms with van der Waals surface area (Å²) in [5.41, 5.74) is 6.81. The van der Waals surface area contributed by atoms with Gasteiger partial charge >= 0.3 is 0 Å². The lowest BCUT2D eigenvalue weighted by Gasteiger charge is -2.29. The number of aliphatic hydroxyl groups excluding tert-OH is 1. The highest BCUT2D eigenvalue weighted by Gasteiger charge is 2.27. The van der Waals surface area contributed by atoms with Gasteiger partial charge in [-0.1, -0.05) is 19.9 Å². The molecule has 5 heteroatoms. The van der Waals surface area contributed by atoms with Gasteiger partial charge in [-0.3, -0.25) is 0 Å². The van der Waals surface area contributed by atoms with E-state index in [9.17, 15) is 5.11 Å². The molecule has 1 atom stereocenters. The number of hydrogen-bond acceptors (Lipinski definition) is 2. The lowest BCUT2D eigenvalue weighted by molar-refractivity contribution is 0.132. The largest absolute Gasteiger partial charge is 0.396 e. The third-order valence-corrected chi connectivity index (χ3v) is 4.43. The van der Waals surface area contributed by atoms with Crippen LogP contribution in [-0.2, 0) is 0 Å². The van der Waals surface area contributed by atoms with Crippen LogP contribution in [0.5, 0.6) is 0 Å². The van der Waals surface area contributed by atoms with Crippen LogP contribution in [0.4, 0.5) is 0 Å². The maximum absolute atomic E-state index is 9.25. The SMILES string of the molecule is CC(C)(CO)[C@H](N)c1ccc(Br)c(Br)c1.Cl. The van der Waals surface area contributed by atoms with E-state index in [1.54, 1.807) is 0 Å². The Kier molecular flexibility index (Phi) is 6.51. The topological polar surface area (TPSA) is 46.2 Å². The molecule has 0 bridgehead atoms. The van der Waals surface area contributed by atoms with Crippen LogP contribution in [0, 0.1) is 5.41 Å². The average molecular weight is 374 g/mol. The first-order valence-corrected chi connectivity index (χ1v) is 6.28. The van der Waals surface area contributed by atoms with E-state index >= 15 is 0 Å². The van der Waals surface area contributed by atoms with E-state index < -0.39 is 0 Å². The fourth-order valence-corrected chi connectivity index (χ4v) is 1.90. The molecule has 0 unspecified atom stereocenters. The van der Waals surface area contributed by atoms with Gasteiger partial charge in [-0.05, 0) is 49.6 Å². The molecule has 0 radical (unpaired) electrons. The minimum atomic E-state index is -0.312. The molecule has 0 aliphatic rings. The Morgan fingerprint density at radius 2 is 1.88 bits per heavy atom. The molecule has 0 saturated carbocycles. The van der Waals surface area contributed by atoms with Gasteiger partial charge in [0.1, 0.15) is 0 Å². The molecule has 0 saturated heterocycles. The predicted molar refractivity (Wildman–Crippen MR) is 76.9 cm³/mol. The molecule has 0 amide bonds. The van der Waals surface area contributed by atoms with Crippen molar-refractivity contribution in [2.45, 2.75) is 19.9 Å². The highest BCUT2D eigenvalue weighted by atomic mass is 79.9. The minimum absolute atomic E-state index is 0. The van der Waals surface area contributed by atoms with Crippen LogP contribution < -0.4 is 5.73 Å². The Morgan fingerprint density at radius 3 is 2.31 bits per heavy atom. The van der Waals surface area contributed by atoms with Gasteiger partial charge in [-0.2, -0.15) is 0 Å². The summed E-state index contributed by atoms with van der Waals surface area (Å²) in [7, 11) is 0. The third kappa shape index (κ3) is 3.70. The second-order valence-electron chi connectivity index (χ2n) is 4.30. The van der Waals surface area contributed by atoms with E-state index in [2.05, 4.69) is 31.9 Å². The van der Waals surface area contributed by atoms with Gasteiger partial charge in [0.15, 0.2) is 0 Å².